The van der Waals surface area contributed by atoms with Crippen molar-refractivity contribution >= 4 is 5.97 Å². The Kier molecular flexibility index (Phi) is 4.67. The van der Waals surface area contributed by atoms with Gasteiger partial charge < -0.3 is 5.11 Å². The average Bonchev–Trinajstić information content (AvgIpc) is 2.57. The van der Waals surface area contributed by atoms with Gasteiger partial charge in [-0.2, -0.15) is 0 Å². The molecule has 120 valence electrons. The Labute approximate surface area is 136 Å². The fourth-order valence-corrected chi connectivity index (χ4v) is 3.18. The maximum Gasteiger partial charge on any atom is 0.306 e. The molecule has 0 aliphatic carbocycles. The normalized spacial score (nSPS) is 17.8. The third kappa shape index (κ3) is 3.56. The highest BCUT2D eigenvalue weighted by molar-refractivity contribution is 5.70. The van der Waals surface area contributed by atoms with E-state index in [-0.39, 0.29) is 12.0 Å². The molecule has 1 saturated heterocycles. The van der Waals surface area contributed by atoms with Gasteiger partial charge in [0.25, 0.3) is 0 Å². The second kappa shape index (κ2) is 6.87. The monoisotopic (exact) mass is 311 g/mol. The Bertz CT molecular complexity index is 667. The van der Waals surface area contributed by atoms with Crippen molar-refractivity contribution in [3.05, 3.63) is 59.7 Å². The molecule has 2 aromatic heterocycles. The summed E-state index contributed by atoms with van der Waals surface area (Å²) in [4.78, 5) is 22.7. The van der Waals surface area contributed by atoms with Crippen LogP contribution in [0.3, 0.4) is 0 Å². The number of carboxylic acids is 1. The smallest absolute Gasteiger partial charge is 0.306 e. The van der Waals surface area contributed by atoms with E-state index in [4.69, 9.17) is 0 Å². The SMILES string of the molecule is Cc1cccc(C(c2ccccn2)N2CCC(C(=O)O)CC2)n1. The van der Waals surface area contributed by atoms with Crippen LogP contribution < -0.4 is 0 Å². The molecule has 1 aliphatic rings. The van der Waals surface area contributed by atoms with Crippen molar-refractivity contribution in [3.8, 4) is 0 Å². The molecule has 1 N–H and O–H groups in total. The highest BCUT2D eigenvalue weighted by atomic mass is 16.4. The number of pyridine rings is 2. The molecule has 2 aromatic rings. The molecule has 23 heavy (non-hydrogen) atoms. The lowest BCUT2D eigenvalue weighted by Gasteiger charge is -2.36. The van der Waals surface area contributed by atoms with Gasteiger partial charge in [-0.05, 0) is 57.1 Å². The summed E-state index contributed by atoms with van der Waals surface area (Å²) in [7, 11) is 0. The van der Waals surface area contributed by atoms with Gasteiger partial charge in [0, 0.05) is 11.9 Å². The summed E-state index contributed by atoms with van der Waals surface area (Å²) < 4.78 is 0. The summed E-state index contributed by atoms with van der Waals surface area (Å²) in [5.74, 6) is -0.922. The number of likely N-dealkylation sites (tertiary alicyclic amines) is 1. The van der Waals surface area contributed by atoms with Crippen LogP contribution in [-0.4, -0.2) is 39.0 Å². The molecule has 0 bridgehead atoms. The quantitative estimate of drug-likeness (QED) is 0.940. The minimum absolute atomic E-state index is 0.0224. The Hall–Kier alpha value is -2.27. The summed E-state index contributed by atoms with van der Waals surface area (Å²) in [5, 5.41) is 9.19. The van der Waals surface area contributed by atoms with Crippen LogP contribution in [-0.2, 0) is 4.79 Å². The molecule has 3 rings (SSSR count). The van der Waals surface area contributed by atoms with Gasteiger partial charge in [0.05, 0.1) is 23.3 Å². The second-order valence-corrected chi connectivity index (χ2v) is 6.01. The van der Waals surface area contributed by atoms with Crippen LogP contribution in [0, 0.1) is 12.8 Å². The molecular formula is C18H21N3O2. The number of carbonyl (C=O) groups is 1. The molecule has 1 aliphatic heterocycles. The lowest BCUT2D eigenvalue weighted by atomic mass is 9.94. The van der Waals surface area contributed by atoms with Crippen LogP contribution in [0.1, 0.15) is 36.0 Å². The Morgan fingerprint density at radius 3 is 2.52 bits per heavy atom. The zero-order valence-corrected chi connectivity index (χ0v) is 13.2. The molecule has 5 nitrogen and oxygen atoms in total. The van der Waals surface area contributed by atoms with Crippen molar-refractivity contribution in [2.24, 2.45) is 5.92 Å². The van der Waals surface area contributed by atoms with Gasteiger partial charge in [0.15, 0.2) is 0 Å². The molecule has 0 saturated carbocycles. The number of aryl methyl sites for hydroxylation is 1. The van der Waals surface area contributed by atoms with E-state index in [1.165, 1.54) is 0 Å². The van der Waals surface area contributed by atoms with E-state index < -0.39 is 5.97 Å². The van der Waals surface area contributed by atoms with Crippen molar-refractivity contribution in [2.45, 2.75) is 25.8 Å². The van der Waals surface area contributed by atoms with Crippen LogP contribution in [0.5, 0.6) is 0 Å². The molecule has 3 heterocycles. The molecule has 5 heteroatoms. The Morgan fingerprint density at radius 1 is 1.17 bits per heavy atom. The minimum Gasteiger partial charge on any atom is -0.481 e. The predicted molar refractivity (Wildman–Crippen MR) is 87.0 cm³/mol. The maximum atomic E-state index is 11.2. The van der Waals surface area contributed by atoms with Gasteiger partial charge in [-0.15, -0.1) is 0 Å². The van der Waals surface area contributed by atoms with Crippen LogP contribution in [0.4, 0.5) is 0 Å². The highest BCUT2D eigenvalue weighted by Crippen LogP contribution is 2.30. The zero-order chi connectivity index (χ0) is 16.2. The Morgan fingerprint density at radius 2 is 1.91 bits per heavy atom. The molecule has 0 radical (unpaired) electrons. The first-order valence-corrected chi connectivity index (χ1v) is 7.96. The van der Waals surface area contributed by atoms with E-state index in [1.807, 2.05) is 43.3 Å². The van der Waals surface area contributed by atoms with E-state index in [0.29, 0.717) is 12.8 Å². The number of hydrogen-bond acceptors (Lipinski definition) is 4. The van der Waals surface area contributed by atoms with E-state index in [2.05, 4.69) is 14.9 Å². The molecule has 0 spiro atoms. The van der Waals surface area contributed by atoms with Gasteiger partial charge in [-0.3, -0.25) is 19.7 Å². The van der Waals surface area contributed by atoms with Gasteiger partial charge in [-0.25, -0.2) is 0 Å². The lowest BCUT2D eigenvalue weighted by molar-refractivity contribution is -0.143. The van der Waals surface area contributed by atoms with Crippen molar-refractivity contribution in [3.63, 3.8) is 0 Å². The van der Waals surface area contributed by atoms with Crippen LogP contribution >= 0.6 is 0 Å². The van der Waals surface area contributed by atoms with Crippen LogP contribution in [0.15, 0.2) is 42.6 Å². The van der Waals surface area contributed by atoms with Gasteiger partial charge in [0.1, 0.15) is 0 Å². The number of aliphatic carboxylic acids is 1. The summed E-state index contributed by atoms with van der Waals surface area (Å²) in [6, 6.07) is 11.9. The first-order chi connectivity index (χ1) is 11.1. The van der Waals surface area contributed by atoms with Crippen LogP contribution in [0.25, 0.3) is 0 Å². The average molecular weight is 311 g/mol. The third-order valence-electron chi connectivity index (χ3n) is 4.40. The number of hydrogen-bond donors (Lipinski definition) is 1. The molecule has 0 amide bonds. The molecule has 0 aromatic carbocycles. The fraction of sp³-hybridized carbons (Fsp3) is 0.389. The van der Waals surface area contributed by atoms with E-state index in [9.17, 15) is 9.90 Å². The molecular weight excluding hydrogens is 290 g/mol. The molecule has 1 fully saturated rings. The van der Waals surface area contributed by atoms with E-state index in [1.54, 1.807) is 6.20 Å². The maximum absolute atomic E-state index is 11.2. The van der Waals surface area contributed by atoms with Gasteiger partial charge in [0.2, 0.25) is 0 Å². The zero-order valence-electron chi connectivity index (χ0n) is 13.2. The van der Waals surface area contributed by atoms with Crippen molar-refractivity contribution in [2.75, 3.05) is 13.1 Å². The van der Waals surface area contributed by atoms with Crippen LogP contribution in [0.2, 0.25) is 0 Å². The lowest BCUT2D eigenvalue weighted by Crippen LogP contribution is -2.39. The van der Waals surface area contributed by atoms with E-state index >= 15 is 0 Å². The fourth-order valence-electron chi connectivity index (χ4n) is 3.18. The predicted octanol–water partition coefficient (Wildman–Crippen LogP) is 2.67. The molecule has 1 atom stereocenters. The summed E-state index contributed by atoms with van der Waals surface area (Å²) in [6.45, 7) is 3.47. The van der Waals surface area contributed by atoms with Gasteiger partial charge >= 0.3 is 5.97 Å². The summed E-state index contributed by atoms with van der Waals surface area (Å²) in [5.41, 5.74) is 2.90. The largest absolute Gasteiger partial charge is 0.481 e. The number of aromatic nitrogens is 2. The van der Waals surface area contributed by atoms with Crippen molar-refractivity contribution < 1.29 is 9.90 Å². The minimum atomic E-state index is -0.687. The first-order valence-electron chi connectivity index (χ1n) is 7.96. The highest BCUT2D eigenvalue weighted by Gasteiger charge is 2.31. The standard InChI is InChI=1S/C18H21N3O2/c1-13-5-4-7-16(20-13)17(15-6-2-3-10-19-15)21-11-8-14(9-12-21)18(22)23/h2-7,10,14,17H,8-9,11-12H2,1H3,(H,22,23). The first kappa shape index (κ1) is 15.6. The Balaban J connectivity index is 1.89. The summed E-state index contributed by atoms with van der Waals surface area (Å²) >= 11 is 0. The number of rotatable bonds is 4. The number of piperidine rings is 1. The second-order valence-electron chi connectivity index (χ2n) is 6.01. The number of nitrogens with zero attached hydrogens (tertiary/aromatic N) is 3. The van der Waals surface area contributed by atoms with Crippen molar-refractivity contribution in [1.29, 1.82) is 0 Å². The number of carboxylic acid groups (broad SMARTS) is 1. The third-order valence-corrected chi connectivity index (χ3v) is 4.40. The van der Waals surface area contributed by atoms with Gasteiger partial charge in [-0.1, -0.05) is 12.1 Å². The molecule has 1 unspecified atom stereocenters. The topological polar surface area (TPSA) is 66.3 Å². The van der Waals surface area contributed by atoms with E-state index in [0.717, 1.165) is 30.2 Å². The summed E-state index contributed by atoms with van der Waals surface area (Å²) in [6.07, 6.45) is 3.14. The van der Waals surface area contributed by atoms with Crippen molar-refractivity contribution in [1.82, 2.24) is 14.9 Å².